The number of carbonyl (C=O) groups is 1. The van der Waals surface area contributed by atoms with Crippen LogP contribution in [0.15, 0.2) is 12.1 Å². The maximum absolute atomic E-state index is 12.3. The van der Waals surface area contributed by atoms with Gasteiger partial charge in [0.25, 0.3) is 0 Å². The van der Waals surface area contributed by atoms with Gasteiger partial charge in [-0.2, -0.15) is 0 Å². The summed E-state index contributed by atoms with van der Waals surface area (Å²) < 4.78 is 5.34. The monoisotopic (exact) mass is 286 g/mol. The highest BCUT2D eigenvalue weighted by atomic mass is 35.5. The van der Waals surface area contributed by atoms with Gasteiger partial charge in [-0.05, 0) is 31.7 Å². The lowest BCUT2D eigenvalue weighted by molar-refractivity contribution is 0.0916. The van der Waals surface area contributed by atoms with Gasteiger partial charge >= 0.3 is 0 Å². The average Bonchev–Trinajstić information content (AvgIpc) is 3.16. The molecule has 4 heteroatoms. The van der Waals surface area contributed by atoms with Gasteiger partial charge < -0.3 is 4.74 Å². The van der Waals surface area contributed by atoms with Crippen LogP contribution >= 0.6 is 23.2 Å². The van der Waals surface area contributed by atoms with Crippen LogP contribution in [0.2, 0.25) is 10.0 Å². The average molecular weight is 287 g/mol. The normalized spacial score (nSPS) is 16.4. The molecular formula is C14H16Cl2O2. The summed E-state index contributed by atoms with van der Waals surface area (Å²) in [7, 11) is 0. The third-order valence-corrected chi connectivity index (χ3v) is 3.94. The van der Waals surface area contributed by atoms with Crippen LogP contribution in [0.25, 0.3) is 0 Å². The highest BCUT2D eigenvalue weighted by Gasteiger charge is 2.33. The van der Waals surface area contributed by atoms with Gasteiger partial charge in [-0.15, -0.1) is 0 Å². The highest BCUT2D eigenvalue weighted by molar-refractivity contribution is 6.36. The van der Waals surface area contributed by atoms with Crippen LogP contribution in [0.3, 0.4) is 0 Å². The molecule has 2 nitrogen and oxygen atoms in total. The molecule has 0 bridgehead atoms. The Morgan fingerprint density at radius 1 is 1.39 bits per heavy atom. The van der Waals surface area contributed by atoms with E-state index in [0.29, 0.717) is 33.9 Å². The SMILES string of the molecule is CCOc1cc(Cl)c(C(=O)C(C)C2CC2)cc1Cl. The highest BCUT2D eigenvalue weighted by Crippen LogP contribution is 2.40. The largest absolute Gasteiger partial charge is 0.492 e. The lowest BCUT2D eigenvalue weighted by Crippen LogP contribution is -2.14. The summed E-state index contributed by atoms with van der Waals surface area (Å²) in [6, 6.07) is 3.25. The Balaban J connectivity index is 2.27. The van der Waals surface area contributed by atoms with Crippen molar-refractivity contribution < 1.29 is 9.53 Å². The Morgan fingerprint density at radius 2 is 2.06 bits per heavy atom. The van der Waals surface area contributed by atoms with Crippen molar-refractivity contribution in [3.05, 3.63) is 27.7 Å². The maximum atomic E-state index is 12.3. The Labute approximate surface area is 117 Å². The first-order chi connectivity index (χ1) is 8.54. The van der Waals surface area contributed by atoms with Crippen molar-refractivity contribution in [1.29, 1.82) is 0 Å². The third-order valence-electron chi connectivity index (χ3n) is 3.33. The van der Waals surface area contributed by atoms with Gasteiger partial charge in [-0.1, -0.05) is 30.1 Å². The first kappa shape index (κ1) is 13.7. The molecule has 0 radical (unpaired) electrons. The summed E-state index contributed by atoms with van der Waals surface area (Å²) in [5, 5.41) is 0.855. The van der Waals surface area contributed by atoms with E-state index in [4.69, 9.17) is 27.9 Å². The van der Waals surface area contributed by atoms with Gasteiger partial charge in [-0.3, -0.25) is 4.79 Å². The number of halogens is 2. The van der Waals surface area contributed by atoms with Crippen LogP contribution in [0, 0.1) is 11.8 Å². The molecule has 0 heterocycles. The standard InChI is InChI=1S/C14H16Cl2O2/c1-3-18-13-7-11(15)10(6-12(13)16)14(17)8(2)9-4-5-9/h6-9H,3-5H2,1-2H3. The van der Waals surface area contributed by atoms with Gasteiger partial charge in [0.1, 0.15) is 5.75 Å². The minimum atomic E-state index is 0.0245. The maximum Gasteiger partial charge on any atom is 0.167 e. The number of ether oxygens (including phenoxy) is 1. The van der Waals surface area contributed by atoms with Crippen molar-refractivity contribution in [2.24, 2.45) is 11.8 Å². The van der Waals surface area contributed by atoms with Gasteiger partial charge in [-0.25, -0.2) is 0 Å². The van der Waals surface area contributed by atoms with E-state index in [9.17, 15) is 4.79 Å². The molecule has 98 valence electrons. The molecule has 1 aliphatic carbocycles. The van der Waals surface area contributed by atoms with E-state index in [2.05, 4.69) is 0 Å². The molecule has 0 N–H and O–H groups in total. The third kappa shape index (κ3) is 2.81. The van der Waals surface area contributed by atoms with E-state index < -0.39 is 0 Å². The number of carbonyl (C=O) groups excluding carboxylic acids is 1. The predicted molar refractivity (Wildman–Crippen MR) is 73.8 cm³/mol. The number of Topliss-reactive ketones (excluding diaryl/α,β-unsaturated/α-hetero) is 1. The van der Waals surface area contributed by atoms with E-state index in [0.717, 1.165) is 12.8 Å². The molecule has 0 aliphatic heterocycles. The first-order valence-corrected chi connectivity index (χ1v) is 6.96. The quantitative estimate of drug-likeness (QED) is 0.738. The summed E-state index contributed by atoms with van der Waals surface area (Å²) in [5.74, 6) is 1.14. The van der Waals surface area contributed by atoms with Crippen molar-refractivity contribution in [2.45, 2.75) is 26.7 Å². The summed E-state index contributed by atoms with van der Waals surface area (Å²) in [5.41, 5.74) is 0.504. The number of hydrogen-bond donors (Lipinski definition) is 0. The summed E-state index contributed by atoms with van der Waals surface area (Å²) >= 11 is 12.2. The van der Waals surface area contributed by atoms with Gasteiger partial charge in [0.15, 0.2) is 5.78 Å². The molecule has 1 aliphatic rings. The Bertz CT molecular complexity index is 467. The molecule has 1 unspecified atom stereocenters. The number of hydrogen-bond acceptors (Lipinski definition) is 2. The predicted octanol–water partition coefficient (Wildman–Crippen LogP) is 4.62. The smallest absolute Gasteiger partial charge is 0.167 e. The molecule has 2 rings (SSSR count). The van der Waals surface area contributed by atoms with Crippen LogP contribution < -0.4 is 4.74 Å². The molecule has 0 amide bonds. The van der Waals surface area contributed by atoms with E-state index in [1.165, 1.54) is 0 Å². The minimum Gasteiger partial charge on any atom is -0.492 e. The molecule has 18 heavy (non-hydrogen) atoms. The lowest BCUT2D eigenvalue weighted by Gasteiger charge is -2.13. The van der Waals surface area contributed by atoms with Crippen molar-refractivity contribution in [3.8, 4) is 5.75 Å². The summed E-state index contributed by atoms with van der Waals surface area (Å²) in [6.45, 7) is 4.35. The van der Waals surface area contributed by atoms with E-state index in [-0.39, 0.29) is 11.7 Å². The van der Waals surface area contributed by atoms with Gasteiger partial charge in [0, 0.05) is 17.5 Å². The Hall–Kier alpha value is -0.730. The molecule has 1 fully saturated rings. The molecular weight excluding hydrogens is 271 g/mol. The van der Waals surface area contributed by atoms with Gasteiger partial charge in [0.05, 0.1) is 16.7 Å². The molecule has 1 atom stereocenters. The fourth-order valence-electron chi connectivity index (χ4n) is 2.04. The summed E-state index contributed by atoms with van der Waals surface area (Å²) in [4.78, 5) is 12.3. The van der Waals surface area contributed by atoms with Crippen LogP contribution in [-0.4, -0.2) is 12.4 Å². The second-order valence-electron chi connectivity index (χ2n) is 4.69. The zero-order valence-electron chi connectivity index (χ0n) is 10.5. The second-order valence-corrected chi connectivity index (χ2v) is 5.50. The molecule has 0 saturated heterocycles. The van der Waals surface area contributed by atoms with Crippen LogP contribution in [0.1, 0.15) is 37.0 Å². The number of ketones is 1. The van der Waals surface area contributed by atoms with Gasteiger partial charge in [0.2, 0.25) is 0 Å². The zero-order valence-corrected chi connectivity index (χ0v) is 12.0. The van der Waals surface area contributed by atoms with Crippen molar-refractivity contribution >= 4 is 29.0 Å². The molecule has 1 aromatic carbocycles. The minimum absolute atomic E-state index is 0.0245. The molecule has 1 aromatic rings. The zero-order chi connectivity index (χ0) is 13.3. The Morgan fingerprint density at radius 3 is 2.61 bits per heavy atom. The van der Waals surface area contributed by atoms with Crippen LogP contribution in [0.4, 0.5) is 0 Å². The molecule has 1 saturated carbocycles. The second kappa shape index (κ2) is 5.50. The van der Waals surface area contributed by atoms with E-state index >= 15 is 0 Å². The summed E-state index contributed by atoms with van der Waals surface area (Å²) in [6.07, 6.45) is 2.27. The topological polar surface area (TPSA) is 26.3 Å². The van der Waals surface area contributed by atoms with E-state index in [1.54, 1.807) is 12.1 Å². The Kier molecular flexibility index (Phi) is 4.18. The fourth-order valence-corrected chi connectivity index (χ4v) is 2.50. The number of benzene rings is 1. The van der Waals surface area contributed by atoms with Crippen LogP contribution in [0.5, 0.6) is 5.75 Å². The van der Waals surface area contributed by atoms with Crippen LogP contribution in [-0.2, 0) is 0 Å². The molecule has 0 aromatic heterocycles. The fraction of sp³-hybridized carbons (Fsp3) is 0.500. The van der Waals surface area contributed by atoms with Crippen molar-refractivity contribution in [2.75, 3.05) is 6.61 Å². The van der Waals surface area contributed by atoms with Crippen molar-refractivity contribution in [3.63, 3.8) is 0 Å². The first-order valence-electron chi connectivity index (χ1n) is 6.20. The van der Waals surface area contributed by atoms with E-state index in [1.807, 2.05) is 13.8 Å². The van der Waals surface area contributed by atoms with Crippen molar-refractivity contribution in [1.82, 2.24) is 0 Å². The number of rotatable bonds is 5. The molecule has 0 spiro atoms. The lowest BCUT2D eigenvalue weighted by atomic mass is 9.95.